The maximum absolute atomic E-state index is 13.6. The average Bonchev–Trinajstić information content (AvgIpc) is 2.47. The van der Waals surface area contributed by atoms with Crippen LogP contribution < -0.4 is 0 Å². The van der Waals surface area contributed by atoms with Gasteiger partial charge in [-0.05, 0) is 0 Å². The van der Waals surface area contributed by atoms with Crippen LogP contribution in [0.1, 0.15) is 12.8 Å². The fourth-order valence-electron chi connectivity index (χ4n) is 1.93. The van der Waals surface area contributed by atoms with Crippen LogP contribution in [0.5, 0.6) is 0 Å². The van der Waals surface area contributed by atoms with E-state index in [1.54, 1.807) is 0 Å². The Morgan fingerprint density at radius 2 is 0.677 bits per heavy atom. The van der Waals surface area contributed by atoms with Crippen molar-refractivity contribution in [3.05, 3.63) is 0 Å². The molecule has 188 valence electrons. The van der Waals surface area contributed by atoms with Crippen LogP contribution in [0.2, 0.25) is 0 Å². The molecule has 0 radical (unpaired) electrons. The molecule has 0 rings (SSSR count). The first kappa shape index (κ1) is 29.7. The second-order valence-corrected chi connectivity index (χ2v) is 5.91. The second-order valence-electron chi connectivity index (χ2n) is 5.91. The summed E-state index contributed by atoms with van der Waals surface area (Å²) < 4.78 is 230. The lowest BCUT2D eigenvalue weighted by Gasteiger charge is -2.37. The molecule has 0 aromatic heterocycles. The summed E-state index contributed by atoms with van der Waals surface area (Å²) in [5.74, 6) is -13.1. The highest BCUT2D eigenvalue weighted by Gasteiger charge is 2.67. The van der Waals surface area contributed by atoms with Gasteiger partial charge in [-0.1, -0.05) is 0 Å². The molecular formula is C12H8F18O. The van der Waals surface area contributed by atoms with Crippen LogP contribution in [0.25, 0.3) is 0 Å². The molecule has 19 heteroatoms. The predicted molar refractivity (Wildman–Crippen MR) is 61.8 cm³/mol. The highest BCUT2D eigenvalue weighted by Crippen LogP contribution is 2.46. The van der Waals surface area contributed by atoms with Crippen molar-refractivity contribution >= 4 is 0 Å². The van der Waals surface area contributed by atoms with Gasteiger partial charge in [0.15, 0.2) is 0 Å². The van der Waals surface area contributed by atoms with Gasteiger partial charge in [0, 0.05) is 0 Å². The van der Waals surface area contributed by atoms with E-state index in [4.69, 9.17) is 0 Å². The Balaban J connectivity index is 6.40. The normalized spacial score (nSPS) is 19.2. The van der Waals surface area contributed by atoms with Crippen molar-refractivity contribution < 1.29 is 83.8 Å². The lowest BCUT2D eigenvalue weighted by atomic mass is 10.00. The number of ether oxygens (including phenoxy) is 1. The summed E-state index contributed by atoms with van der Waals surface area (Å²) in [6, 6.07) is 0. The fraction of sp³-hybridized carbons (Fsp3) is 1.00. The van der Waals surface area contributed by atoms with Crippen molar-refractivity contribution in [1.82, 2.24) is 0 Å². The molecule has 0 bridgehead atoms. The molecule has 0 heterocycles. The van der Waals surface area contributed by atoms with Crippen molar-refractivity contribution in [3.8, 4) is 0 Å². The molecule has 0 aliphatic rings. The standard InChI is InChI=1S/C12H8F18O/c13-5(11(25,26)27)9(21,22)3(1-7(15,16)17)31-4(2-8(18,19)20)10(23,24)6(14)12(28,29)30/h3-6H,1-2H2. The Hall–Kier alpha value is -1.30. The van der Waals surface area contributed by atoms with Crippen molar-refractivity contribution in [2.75, 3.05) is 0 Å². The second kappa shape index (κ2) is 8.92. The van der Waals surface area contributed by atoms with Gasteiger partial charge in [0.05, 0.1) is 12.8 Å². The van der Waals surface area contributed by atoms with Crippen molar-refractivity contribution in [2.24, 2.45) is 0 Å². The van der Waals surface area contributed by atoms with Gasteiger partial charge < -0.3 is 4.74 Å². The summed E-state index contributed by atoms with van der Waals surface area (Å²) in [6.45, 7) is 0. The van der Waals surface area contributed by atoms with E-state index in [0.717, 1.165) is 0 Å². The van der Waals surface area contributed by atoms with Crippen LogP contribution in [-0.4, -0.2) is 61.1 Å². The molecule has 1 nitrogen and oxygen atoms in total. The molecule has 0 aliphatic carbocycles. The first-order valence-corrected chi connectivity index (χ1v) is 7.19. The minimum atomic E-state index is -6.70. The molecule has 0 fully saturated rings. The predicted octanol–water partition coefficient (Wildman–Crippen LogP) is 6.72. The maximum Gasteiger partial charge on any atom is 0.425 e. The van der Waals surface area contributed by atoms with Gasteiger partial charge in [0.2, 0.25) is 0 Å². The van der Waals surface area contributed by atoms with E-state index in [2.05, 4.69) is 4.74 Å². The van der Waals surface area contributed by atoms with E-state index in [1.165, 1.54) is 0 Å². The highest BCUT2D eigenvalue weighted by atomic mass is 19.4. The largest absolute Gasteiger partial charge is 0.425 e. The van der Waals surface area contributed by atoms with E-state index in [1.807, 2.05) is 0 Å². The Morgan fingerprint density at radius 1 is 0.452 bits per heavy atom. The minimum Gasteiger partial charge on any atom is -0.361 e. The number of hydrogen-bond donors (Lipinski definition) is 0. The molecule has 0 saturated heterocycles. The first-order valence-electron chi connectivity index (χ1n) is 7.19. The third-order valence-corrected chi connectivity index (χ3v) is 3.27. The van der Waals surface area contributed by atoms with E-state index in [0.29, 0.717) is 0 Å². The van der Waals surface area contributed by atoms with E-state index in [-0.39, 0.29) is 0 Å². The molecule has 0 saturated carbocycles. The monoisotopic (exact) mass is 510 g/mol. The van der Waals surface area contributed by atoms with Crippen molar-refractivity contribution in [2.45, 2.75) is 73.9 Å². The Bertz CT molecular complexity index is 518. The zero-order valence-corrected chi connectivity index (χ0v) is 13.9. The summed E-state index contributed by atoms with van der Waals surface area (Å²) in [5.41, 5.74) is 0. The summed E-state index contributed by atoms with van der Waals surface area (Å²) >= 11 is 0. The molecule has 0 aromatic carbocycles. The molecule has 0 aromatic rings. The van der Waals surface area contributed by atoms with Crippen LogP contribution >= 0.6 is 0 Å². The molecule has 0 spiro atoms. The molecular weight excluding hydrogens is 502 g/mol. The topological polar surface area (TPSA) is 9.23 Å². The lowest BCUT2D eigenvalue weighted by molar-refractivity contribution is -0.327. The highest BCUT2D eigenvalue weighted by molar-refractivity contribution is 4.96. The molecule has 31 heavy (non-hydrogen) atoms. The third-order valence-electron chi connectivity index (χ3n) is 3.27. The zero-order chi connectivity index (χ0) is 25.4. The fourth-order valence-corrected chi connectivity index (χ4v) is 1.93. The van der Waals surface area contributed by atoms with Gasteiger partial charge in [-0.15, -0.1) is 0 Å². The number of rotatable bonds is 8. The molecule has 0 N–H and O–H groups in total. The van der Waals surface area contributed by atoms with Gasteiger partial charge in [0.1, 0.15) is 12.2 Å². The van der Waals surface area contributed by atoms with Crippen LogP contribution in [0.15, 0.2) is 0 Å². The number of hydrogen-bond acceptors (Lipinski definition) is 1. The van der Waals surface area contributed by atoms with Crippen molar-refractivity contribution in [3.63, 3.8) is 0 Å². The molecule has 4 atom stereocenters. The summed E-state index contributed by atoms with van der Waals surface area (Å²) in [6.07, 6.45) is -53.6. The minimum absolute atomic E-state index is 2.94. The molecule has 4 unspecified atom stereocenters. The summed E-state index contributed by atoms with van der Waals surface area (Å²) in [4.78, 5) is 0. The van der Waals surface area contributed by atoms with Gasteiger partial charge >= 0.3 is 36.6 Å². The Morgan fingerprint density at radius 3 is 0.839 bits per heavy atom. The van der Waals surface area contributed by atoms with Gasteiger partial charge in [-0.25, -0.2) is 26.3 Å². The van der Waals surface area contributed by atoms with Gasteiger partial charge in [-0.3, -0.25) is 0 Å². The number of halogens is 18. The van der Waals surface area contributed by atoms with E-state index < -0.39 is 73.9 Å². The zero-order valence-electron chi connectivity index (χ0n) is 13.9. The molecule has 0 aliphatic heterocycles. The van der Waals surface area contributed by atoms with Crippen LogP contribution in [-0.2, 0) is 4.74 Å². The summed E-state index contributed by atoms with van der Waals surface area (Å²) in [7, 11) is 0. The Labute approximate surface area is 159 Å². The quantitative estimate of drug-likeness (QED) is 0.330. The van der Waals surface area contributed by atoms with Crippen LogP contribution in [0.3, 0.4) is 0 Å². The van der Waals surface area contributed by atoms with Crippen LogP contribution in [0.4, 0.5) is 79.0 Å². The summed E-state index contributed by atoms with van der Waals surface area (Å²) in [5, 5.41) is 0. The van der Waals surface area contributed by atoms with E-state index >= 15 is 0 Å². The van der Waals surface area contributed by atoms with Crippen molar-refractivity contribution in [1.29, 1.82) is 0 Å². The first-order chi connectivity index (χ1) is 13.2. The number of alkyl halides is 18. The molecule has 0 amide bonds. The van der Waals surface area contributed by atoms with E-state index in [9.17, 15) is 79.0 Å². The maximum atomic E-state index is 13.6. The lowest BCUT2D eigenvalue weighted by Crippen LogP contribution is -2.57. The average molecular weight is 510 g/mol. The SMILES string of the molecule is FC(C(F)(F)F)C(F)(F)C(CC(F)(F)F)OC(CC(F)(F)F)C(F)(F)C(F)C(F)(F)F. The van der Waals surface area contributed by atoms with Gasteiger partial charge in [0.25, 0.3) is 12.3 Å². The smallest absolute Gasteiger partial charge is 0.361 e. The van der Waals surface area contributed by atoms with Gasteiger partial charge in [-0.2, -0.15) is 52.7 Å². The third kappa shape index (κ3) is 8.63. The Kier molecular flexibility index (Phi) is 8.54. The van der Waals surface area contributed by atoms with Crippen LogP contribution in [0, 0.1) is 0 Å².